The van der Waals surface area contributed by atoms with Crippen molar-refractivity contribution in [3.05, 3.63) is 0 Å². The average Bonchev–Trinajstić information content (AvgIpc) is 1.68. The molecule has 8 heavy (non-hydrogen) atoms. The second-order valence-corrected chi connectivity index (χ2v) is 1.54. The highest BCUT2D eigenvalue weighted by Crippen LogP contribution is 1.76. The van der Waals surface area contributed by atoms with Crippen molar-refractivity contribution >= 4 is 5.78 Å². The third kappa shape index (κ3) is 3.77. The second-order valence-electron chi connectivity index (χ2n) is 1.54. The average molecular weight is 117 g/mol. The van der Waals surface area contributed by atoms with Crippen LogP contribution in [-0.2, 0) is 4.79 Å². The Labute approximate surface area is 48.7 Å². The smallest absolute Gasteiger partial charge is 0.148 e. The topological polar surface area (TPSA) is 49.3 Å². The van der Waals surface area contributed by atoms with Gasteiger partial charge >= 0.3 is 0 Å². The van der Waals surface area contributed by atoms with Gasteiger partial charge in [-0.1, -0.05) is 0 Å². The summed E-state index contributed by atoms with van der Waals surface area (Å²) in [6, 6.07) is 0. The molecule has 0 radical (unpaired) electrons. The van der Waals surface area contributed by atoms with Crippen LogP contribution in [0.15, 0.2) is 0 Å². The molecule has 0 saturated heterocycles. The van der Waals surface area contributed by atoms with Crippen LogP contribution in [0.25, 0.3) is 0 Å². The molecular weight excluding hydrogens is 106 g/mol. The minimum Gasteiger partial charge on any atom is -0.396 e. The molecule has 0 amide bonds. The molecule has 0 saturated carbocycles. The summed E-state index contributed by atoms with van der Waals surface area (Å²) >= 11 is 0. The Hall–Kier alpha value is -0.410. The second kappa shape index (κ2) is 4.74. The van der Waals surface area contributed by atoms with Crippen molar-refractivity contribution in [2.45, 2.75) is 6.42 Å². The van der Waals surface area contributed by atoms with E-state index in [9.17, 15) is 4.79 Å². The lowest BCUT2D eigenvalue weighted by Crippen LogP contribution is -2.18. The largest absolute Gasteiger partial charge is 0.396 e. The Morgan fingerprint density at radius 1 is 1.75 bits per heavy atom. The third-order valence-electron chi connectivity index (χ3n) is 0.765. The van der Waals surface area contributed by atoms with Crippen molar-refractivity contribution in [2.75, 3.05) is 20.2 Å². The highest BCUT2D eigenvalue weighted by molar-refractivity contribution is 5.80. The van der Waals surface area contributed by atoms with Crippen LogP contribution in [0.5, 0.6) is 0 Å². The summed E-state index contributed by atoms with van der Waals surface area (Å²) in [4.78, 5) is 10.4. The molecular formula is C5H11NO2. The molecule has 0 aromatic rings. The molecule has 2 N–H and O–H groups in total. The van der Waals surface area contributed by atoms with Crippen molar-refractivity contribution in [1.82, 2.24) is 5.32 Å². The number of carbonyl (C=O) groups is 1. The first kappa shape index (κ1) is 7.59. The standard InChI is InChI=1S/C5H11NO2/c1-6-4-5(8)2-3-7/h6-7H,2-4H2,1H3. The molecule has 0 bridgehead atoms. The zero-order chi connectivity index (χ0) is 6.41. The zero-order valence-corrected chi connectivity index (χ0v) is 4.98. The number of hydrogen-bond donors (Lipinski definition) is 2. The monoisotopic (exact) mass is 117 g/mol. The third-order valence-corrected chi connectivity index (χ3v) is 0.765. The van der Waals surface area contributed by atoms with Crippen LogP contribution in [0.4, 0.5) is 0 Å². The van der Waals surface area contributed by atoms with Gasteiger partial charge in [-0.25, -0.2) is 0 Å². The molecule has 3 heteroatoms. The fraction of sp³-hybridized carbons (Fsp3) is 0.800. The molecule has 0 aliphatic heterocycles. The van der Waals surface area contributed by atoms with Crippen LogP contribution < -0.4 is 5.32 Å². The summed E-state index contributed by atoms with van der Waals surface area (Å²) in [5, 5.41) is 10.9. The first-order valence-electron chi connectivity index (χ1n) is 2.58. The molecule has 0 aromatic carbocycles. The van der Waals surface area contributed by atoms with Gasteiger partial charge in [-0.15, -0.1) is 0 Å². The zero-order valence-electron chi connectivity index (χ0n) is 4.98. The molecule has 0 rings (SSSR count). The molecule has 0 heterocycles. The van der Waals surface area contributed by atoms with Gasteiger partial charge in [0.2, 0.25) is 0 Å². The SMILES string of the molecule is CNCC(=O)CCO. The van der Waals surface area contributed by atoms with Crippen molar-refractivity contribution < 1.29 is 9.90 Å². The van der Waals surface area contributed by atoms with Gasteiger partial charge in [0.1, 0.15) is 5.78 Å². The van der Waals surface area contributed by atoms with E-state index in [-0.39, 0.29) is 18.8 Å². The number of hydrogen-bond acceptors (Lipinski definition) is 3. The van der Waals surface area contributed by atoms with Crippen molar-refractivity contribution in [2.24, 2.45) is 0 Å². The van der Waals surface area contributed by atoms with Crippen LogP contribution in [0.3, 0.4) is 0 Å². The molecule has 0 atom stereocenters. The summed E-state index contributed by atoms with van der Waals surface area (Å²) in [6.07, 6.45) is 0.265. The summed E-state index contributed by atoms with van der Waals surface area (Å²) in [7, 11) is 1.70. The number of ketones is 1. The minimum absolute atomic E-state index is 0.0412. The fourth-order valence-corrected chi connectivity index (χ4v) is 0.410. The lowest BCUT2D eigenvalue weighted by molar-refractivity contribution is -0.118. The number of carbonyl (C=O) groups excluding carboxylic acids is 1. The van der Waals surface area contributed by atoms with E-state index >= 15 is 0 Å². The van der Waals surface area contributed by atoms with Crippen LogP contribution in [0, 0.1) is 0 Å². The van der Waals surface area contributed by atoms with Crippen LogP contribution in [-0.4, -0.2) is 31.1 Å². The van der Waals surface area contributed by atoms with Gasteiger partial charge in [-0.2, -0.15) is 0 Å². The number of Topliss-reactive ketones (excluding diaryl/α,β-unsaturated/α-hetero) is 1. The van der Waals surface area contributed by atoms with Crippen LogP contribution in [0.2, 0.25) is 0 Å². The lowest BCUT2D eigenvalue weighted by Gasteiger charge is -1.93. The van der Waals surface area contributed by atoms with E-state index < -0.39 is 0 Å². The quantitative estimate of drug-likeness (QED) is 0.504. The van der Waals surface area contributed by atoms with Crippen molar-refractivity contribution in [3.63, 3.8) is 0 Å². The van der Waals surface area contributed by atoms with Gasteiger partial charge in [0.25, 0.3) is 0 Å². The Kier molecular flexibility index (Phi) is 4.50. The van der Waals surface area contributed by atoms with Crippen molar-refractivity contribution in [1.29, 1.82) is 0 Å². The summed E-state index contributed by atoms with van der Waals surface area (Å²) in [5.41, 5.74) is 0. The fourth-order valence-electron chi connectivity index (χ4n) is 0.410. The minimum atomic E-state index is -0.0412. The molecule has 0 aliphatic carbocycles. The maximum Gasteiger partial charge on any atom is 0.148 e. The molecule has 0 aliphatic rings. The highest BCUT2D eigenvalue weighted by atomic mass is 16.3. The molecule has 0 spiro atoms. The Morgan fingerprint density at radius 3 is 2.75 bits per heavy atom. The molecule has 3 nitrogen and oxygen atoms in total. The Morgan fingerprint density at radius 2 is 2.38 bits per heavy atom. The van der Waals surface area contributed by atoms with E-state index in [2.05, 4.69) is 5.32 Å². The Balaban J connectivity index is 3.06. The molecule has 48 valence electrons. The molecule has 0 unspecified atom stereocenters. The highest BCUT2D eigenvalue weighted by Gasteiger charge is 1.95. The maximum absolute atomic E-state index is 10.4. The molecule has 0 aromatic heterocycles. The van der Waals surface area contributed by atoms with E-state index in [0.29, 0.717) is 6.54 Å². The van der Waals surface area contributed by atoms with Gasteiger partial charge in [0, 0.05) is 6.42 Å². The van der Waals surface area contributed by atoms with Crippen LogP contribution in [0.1, 0.15) is 6.42 Å². The number of aliphatic hydroxyl groups is 1. The van der Waals surface area contributed by atoms with Gasteiger partial charge in [0.15, 0.2) is 0 Å². The van der Waals surface area contributed by atoms with Gasteiger partial charge in [-0.3, -0.25) is 4.79 Å². The van der Waals surface area contributed by atoms with Crippen molar-refractivity contribution in [3.8, 4) is 0 Å². The number of rotatable bonds is 4. The number of aliphatic hydroxyl groups excluding tert-OH is 1. The predicted octanol–water partition coefficient (Wildman–Crippen LogP) is -0.843. The van der Waals surface area contributed by atoms with E-state index in [4.69, 9.17) is 5.11 Å². The van der Waals surface area contributed by atoms with Gasteiger partial charge < -0.3 is 10.4 Å². The van der Waals surface area contributed by atoms with E-state index in [1.54, 1.807) is 7.05 Å². The number of nitrogens with one attached hydrogen (secondary N) is 1. The van der Waals surface area contributed by atoms with E-state index in [1.165, 1.54) is 0 Å². The van der Waals surface area contributed by atoms with Gasteiger partial charge in [-0.05, 0) is 7.05 Å². The van der Waals surface area contributed by atoms with Gasteiger partial charge in [0.05, 0.1) is 13.2 Å². The predicted molar refractivity (Wildman–Crippen MR) is 30.6 cm³/mol. The number of likely N-dealkylation sites (N-methyl/N-ethyl adjacent to an activating group) is 1. The summed E-state index contributed by atoms with van der Waals surface area (Å²) < 4.78 is 0. The first-order valence-corrected chi connectivity index (χ1v) is 2.58. The normalized spacial score (nSPS) is 9.25. The molecule has 0 fully saturated rings. The van der Waals surface area contributed by atoms with Crippen LogP contribution >= 0.6 is 0 Å². The summed E-state index contributed by atoms with van der Waals surface area (Å²) in [6.45, 7) is 0.321. The lowest BCUT2D eigenvalue weighted by atomic mass is 10.3. The van der Waals surface area contributed by atoms with E-state index in [0.717, 1.165) is 0 Å². The Bertz CT molecular complexity index is 64.8. The summed E-state index contributed by atoms with van der Waals surface area (Å²) in [5.74, 6) is 0.0509. The first-order chi connectivity index (χ1) is 3.81. The maximum atomic E-state index is 10.4. The van der Waals surface area contributed by atoms with E-state index in [1.807, 2.05) is 0 Å².